The molecule has 5 N–H and O–H groups in total. The van der Waals surface area contributed by atoms with Gasteiger partial charge < -0.3 is 25.7 Å². The minimum Gasteiger partial charge on any atom is -0.535 e. The number of para-hydroxylation sites is 1. The normalized spacial score (nSPS) is 16.4. The maximum Gasteiger partial charge on any atom is 0.526 e. The average Bonchev–Trinajstić information content (AvgIpc) is 3.11. The Balaban J connectivity index is 1.76. The molecule has 146 valence electrons. The zero-order valence-electron chi connectivity index (χ0n) is 14.6. The summed E-state index contributed by atoms with van der Waals surface area (Å²) >= 11 is 0. The number of nitrogens with two attached hydrogens (primary N) is 1. The van der Waals surface area contributed by atoms with Crippen LogP contribution in [0.5, 0.6) is 5.75 Å². The van der Waals surface area contributed by atoms with E-state index in [9.17, 15) is 24.9 Å². The molecule has 1 atom stereocenters. The lowest BCUT2D eigenvalue weighted by molar-refractivity contribution is -0.113. The van der Waals surface area contributed by atoms with Crippen LogP contribution in [0.15, 0.2) is 23.4 Å². The van der Waals surface area contributed by atoms with Gasteiger partial charge in [0.15, 0.2) is 11.5 Å². The molecule has 0 unspecified atom stereocenters. The number of aromatic carboxylic acids is 1. The van der Waals surface area contributed by atoms with Gasteiger partial charge in [-0.25, -0.2) is 4.79 Å². The van der Waals surface area contributed by atoms with Gasteiger partial charge in [0.05, 0.1) is 12.1 Å². The van der Waals surface area contributed by atoms with E-state index in [0.717, 1.165) is 4.80 Å². The Morgan fingerprint density at radius 2 is 2.21 bits per heavy atom. The second-order valence-corrected chi connectivity index (χ2v) is 6.15. The number of carbonyl (C=O) groups excluding carboxylic acids is 1. The van der Waals surface area contributed by atoms with Crippen LogP contribution in [0.3, 0.4) is 0 Å². The van der Waals surface area contributed by atoms with Crippen molar-refractivity contribution >= 4 is 24.6 Å². The molecule has 2 aromatic rings. The molecule has 1 aromatic heterocycles. The van der Waals surface area contributed by atoms with E-state index >= 15 is 0 Å². The van der Waals surface area contributed by atoms with E-state index in [1.54, 1.807) is 12.1 Å². The third-order valence-electron chi connectivity index (χ3n) is 4.26. The highest BCUT2D eigenvalue weighted by molar-refractivity contribution is 6.50. The van der Waals surface area contributed by atoms with Crippen molar-refractivity contribution in [1.82, 2.24) is 20.2 Å². The van der Waals surface area contributed by atoms with Gasteiger partial charge in [-0.05, 0) is 23.3 Å². The Morgan fingerprint density at radius 3 is 2.89 bits per heavy atom. The number of tetrazole rings is 1. The van der Waals surface area contributed by atoms with Crippen molar-refractivity contribution < 1.29 is 29.6 Å². The first-order valence-corrected chi connectivity index (χ1v) is 8.38. The number of rotatable bonds is 7. The molecule has 2 heterocycles. The minimum absolute atomic E-state index is 0.0698. The van der Waals surface area contributed by atoms with Gasteiger partial charge in [-0.15, -0.1) is 10.2 Å². The highest BCUT2D eigenvalue weighted by Gasteiger charge is 2.39. The molecule has 1 aromatic carbocycles. The topological polar surface area (TPSA) is 186 Å². The molecule has 0 bridgehead atoms. The second-order valence-electron chi connectivity index (χ2n) is 6.15. The molecule has 13 heteroatoms. The van der Waals surface area contributed by atoms with Crippen LogP contribution in [0, 0.1) is 0 Å². The van der Waals surface area contributed by atoms with Crippen molar-refractivity contribution in [3.63, 3.8) is 0 Å². The maximum absolute atomic E-state index is 12.5. The van der Waals surface area contributed by atoms with E-state index in [1.807, 2.05) is 0 Å². The van der Waals surface area contributed by atoms with Gasteiger partial charge in [-0.2, -0.15) is 4.80 Å². The number of carboxylic acid groups (broad SMARTS) is 1. The summed E-state index contributed by atoms with van der Waals surface area (Å²) in [5, 5.41) is 42.9. The fourth-order valence-electron chi connectivity index (χ4n) is 2.93. The number of oxime groups is 1. The fraction of sp³-hybridized carbons (Fsp3) is 0.333. The molecule has 0 saturated heterocycles. The number of hydrogen-bond donors (Lipinski definition) is 4. The highest BCUT2D eigenvalue weighted by atomic mass is 16.5. The molecule has 3 rings (SSSR count). The van der Waals surface area contributed by atoms with E-state index in [4.69, 9.17) is 10.4 Å². The Labute approximate surface area is 158 Å². The summed E-state index contributed by atoms with van der Waals surface area (Å²) in [6.07, 6.45) is -0.0297. The number of fused-ring (bicyclic) bond motifs is 1. The number of carboxylic acids is 1. The summed E-state index contributed by atoms with van der Waals surface area (Å²) in [6, 6.07) is 4.58. The van der Waals surface area contributed by atoms with Crippen LogP contribution in [-0.2, 0) is 17.8 Å². The number of nitrogens with zero attached hydrogens (tertiary/aromatic N) is 5. The quantitative estimate of drug-likeness (QED) is 0.197. The largest absolute Gasteiger partial charge is 0.535 e. The van der Waals surface area contributed by atoms with E-state index in [0.29, 0.717) is 5.56 Å². The predicted octanol–water partition coefficient (Wildman–Crippen LogP) is -1.05. The molecule has 12 nitrogen and oxygen atoms in total. The smallest absolute Gasteiger partial charge is 0.526 e. The van der Waals surface area contributed by atoms with Crippen LogP contribution in [0.2, 0.25) is 5.82 Å². The van der Waals surface area contributed by atoms with Crippen molar-refractivity contribution in [2.24, 2.45) is 10.9 Å². The van der Waals surface area contributed by atoms with Crippen LogP contribution in [-0.4, -0.2) is 66.7 Å². The lowest BCUT2D eigenvalue weighted by atomic mass is 9.64. The van der Waals surface area contributed by atoms with Crippen molar-refractivity contribution in [2.45, 2.75) is 25.2 Å². The van der Waals surface area contributed by atoms with Crippen LogP contribution < -0.4 is 10.4 Å². The summed E-state index contributed by atoms with van der Waals surface area (Å²) < 4.78 is 5.35. The first-order valence-electron chi connectivity index (χ1n) is 8.38. The van der Waals surface area contributed by atoms with E-state index < -0.39 is 30.4 Å². The zero-order valence-corrected chi connectivity index (χ0v) is 14.6. The Hall–Kier alpha value is -3.32. The van der Waals surface area contributed by atoms with Crippen molar-refractivity contribution in [1.29, 1.82) is 0 Å². The first kappa shape index (κ1) is 19.4. The van der Waals surface area contributed by atoms with Crippen LogP contribution in [0.4, 0.5) is 0 Å². The monoisotopic (exact) mass is 388 g/mol. The highest BCUT2D eigenvalue weighted by Crippen LogP contribution is 2.36. The van der Waals surface area contributed by atoms with Gasteiger partial charge in [0, 0.05) is 18.8 Å². The van der Waals surface area contributed by atoms with Crippen LogP contribution >= 0.6 is 0 Å². The fourth-order valence-corrected chi connectivity index (χ4v) is 2.93. The molecule has 0 spiro atoms. The molecule has 0 aliphatic carbocycles. The van der Waals surface area contributed by atoms with Crippen molar-refractivity contribution in [3.8, 4) is 5.75 Å². The molecular weight excluding hydrogens is 371 g/mol. The van der Waals surface area contributed by atoms with Gasteiger partial charge in [-0.1, -0.05) is 17.3 Å². The average molecular weight is 388 g/mol. The number of carbonyl (C=O) groups is 2. The number of benzene rings is 1. The zero-order chi connectivity index (χ0) is 20.3. The summed E-state index contributed by atoms with van der Waals surface area (Å²) in [4.78, 5) is 25.0. The van der Waals surface area contributed by atoms with Crippen molar-refractivity contribution in [2.75, 3.05) is 6.54 Å². The summed E-state index contributed by atoms with van der Waals surface area (Å²) in [5.41, 5.74) is 5.47. The number of aromatic nitrogens is 4. The van der Waals surface area contributed by atoms with Gasteiger partial charge in [0.25, 0.3) is 0 Å². The third-order valence-corrected chi connectivity index (χ3v) is 4.26. The summed E-state index contributed by atoms with van der Waals surface area (Å²) in [7, 11) is -1.40. The van der Waals surface area contributed by atoms with Gasteiger partial charge in [-0.3, -0.25) is 4.79 Å². The lowest BCUT2D eigenvalue weighted by Gasteiger charge is -2.27. The SMILES string of the molecule is NCCn1nnc(C(=NO)C(=O)C[C@H]2Cc3cccc(C(=O)O)c3OB2O)n1. The van der Waals surface area contributed by atoms with E-state index in [-0.39, 0.29) is 43.1 Å². The van der Waals surface area contributed by atoms with E-state index in [2.05, 4.69) is 20.6 Å². The van der Waals surface area contributed by atoms with Crippen LogP contribution in [0.1, 0.15) is 28.2 Å². The predicted molar refractivity (Wildman–Crippen MR) is 94.3 cm³/mol. The summed E-state index contributed by atoms with van der Waals surface area (Å²) in [6.45, 7) is 0.538. The molecule has 28 heavy (non-hydrogen) atoms. The van der Waals surface area contributed by atoms with Crippen molar-refractivity contribution in [3.05, 3.63) is 35.2 Å². The molecule has 1 aliphatic heterocycles. The third kappa shape index (κ3) is 3.84. The second kappa shape index (κ2) is 8.14. The number of hydrogen-bond acceptors (Lipinski definition) is 10. The Kier molecular flexibility index (Phi) is 5.66. The van der Waals surface area contributed by atoms with Crippen LogP contribution in [0.25, 0.3) is 0 Å². The molecule has 0 saturated carbocycles. The molecular formula is C15H17BN6O6. The molecule has 0 fully saturated rings. The van der Waals surface area contributed by atoms with E-state index in [1.165, 1.54) is 6.07 Å². The maximum atomic E-state index is 12.5. The Bertz CT molecular complexity index is 931. The Morgan fingerprint density at radius 1 is 1.43 bits per heavy atom. The molecule has 0 radical (unpaired) electrons. The van der Waals surface area contributed by atoms with Gasteiger partial charge >= 0.3 is 13.1 Å². The molecule has 0 amide bonds. The lowest BCUT2D eigenvalue weighted by Crippen LogP contribution is -2.37. The first-order chi connectivity index (χ1) is 13.4. The minimum atomic E-state index is -1.40. The standard InChI is InChI=1S/C15H17BN6O6/c17-4-5-22-19-14(18-21-22)12(20-27)11(23)7-9-6-8-2-1-3-10(15(24)25)13(8)28-16(9)26/h1-3,9,26-27H,4-7,17H2,(H,24,25)/t9-/m1/s1. The molecule has 1 aliphatic rings. The number of ketones is 1. The summed E-state index contributed by atoms with van der Waals surface area (Å²) in [5.74, 6) is -2.57. The number of Topliss-reactive ketones (excluding diaryl/α,β-unsaturated/α-hetero) is 1. The van der Waals surface area contributed by atoms with Gasteiger partial charge in [0.2, 0.25) is 5.82 Å². The van der Waals surface area contributed by atoms with Gasteiger partial charge in [0.1, 0.15) is 5.75 Å².